The Balaban J connectivity index is 2.18. The molecule has 0 spiro atoms. The van der Waals surface area contributed by atoms with Gasteiger partial charge in [0.15, 0.2) is 0 Å². The molecular formula is C15H10FN3OS. The number of nitrogens with zero attached hydrogens (tertiary/aromatic N) is 2. The van der Waals surface area contributed by atoms with Crippen molar-refractivity contribution < 1.29 is 8.60 Å². The summed E-state index contributed by atoms with van der Waals surface area (Å²) >= 11 is 0.328. The zero-order valence-corrected chi connectivity index (χ0v) is 11.6. The molecule has 1 N–H and O–H groups in total. The molecule has 2 aromatic heterocycles. The van der Waals surface area contributed by atoms with Crippen LogP contribution < -0.4 is 0 Å². The average Bonchev–Trinajstić information content (AvgIpc) is 2.93. The lowest BCUT2D eigenvalue weighted by Crippen LogP contribution is -1.84. The number of aromatic amines is 1. The highest BCUT2D eigenvalue weighted by Crippen LogP contribution is 2.29. The quantitative estimate of drug-likeness (QED) is 0.756. The van der Waals surface area contributed by atoms with E-state index in [1.54, 1.807) is 24.5 Å². The Morgan fingerprint density at radius 3 is 2.43 bits per heavy atom. The number of halogens is 1. The number of pyridine rings is 1. The van der Waals surface area contributed by atoms with E-state index in [0.717, 1.165) is 16.8 Å². The summed E-state index contributed by atoms with van der Waals surface area (Å²) in [7, 11) is 0. The normalized spacial score (nSPS) is 10.3. The third-order valence-electron chi connectivity index (χ3n) is 2.97. The number of rotatable bonds is 3. The smallest absolute Gasteiger partial charge is 0.144 e. The van der Waals surface area contributed by atoms with Gasteiger partial charge in [0.1, 0.15) is 11.6 Å². The number of hydrogen-bond donors (Lipinski definition) is 1. The van der Waals surface area contributed by atoms with Crippen LogP contribution in [0.1, 0.15) is 5.82 Å². The monoisotopic (exact) mass is 299 g/mol. The van der Waals surface area contributed by atoms with Crippen LogP contribution in [-0.2, 0) is 11.3 Å². The Hall–Kier alpha value is -2.60. The van der Waals surface area contributed by atoms with Crippen LogP contribution in [0.5, 0.6) is 0 Å². The lowest BCUT2D eigenvalue weighted by atomic mass is 10.1. The van der Waals surface area contributed by atoms with E-state index in [1.807, 2.05) is 12.1 Å². The summed E-state index contributed by atoms with van der Waals surface area (Å²) < 4.78 is 23.7. The largest absolute Gasteiger partial charge is 0.337 e. The van der Waals surface area contributed by atoms with Crippen molar-refractivity contribution in [2.24, 2.45) is 0 Å². The predicted octanol–water partition coefficient (Wildman–Crippen LogP) is 2.64. The summed E-state index contributed by atoms with van der Waals surface area (Å²) in [5, 5.41) is 1.39. The first-order chi connectivity index (χ1) is 10.3. The van der Waals surface area contributed by atoms with Crippen LogP contribution >= 0.6 is 0 Å². The molecule has 4 nitrogen and oxygen atoms in total. The van der Waals surface area contributed by atoms with Gasteiger partial charge in [0.05, 0.1) is 28.0 Å². The molecule has 0 aliphatic rings. The van der Waals surface area contributed by atoms with Crippen molar-refractivity contribution in [1.82, 2.24) is 15.0 Å². The fraction of sp³-hybridized carbons (Fsp3) is 0. The van der Waals surface area contributed by atoms with Crippen LogP contribution in [0.4, 0.5) is 4.39 Å². The first-order valence-electron chi connectivity index (χ1n) is 6.16. The first-order valence-corrected chi connectivity index (χ1v) is 6.96. The van der Waals surface area contributed by atoms with Crippen LogP contribution in [0.2, 0.25) is 0 Å². The highest BCUT2D eigenvalue weighted by atomic mass is 32.1. The van der Waals surface area contributed by atoms with Gasteiger partial charge in [0.2, 0.25) is 0 Å². The van der Waals surface area contributed by atoms with Crippen molar-refractivity contribution in [2.75, 3.05) is 0 Å². The molecule has 0 saturated carbocycles. The molecule has 0 radical (unpaired) electrons. The highest BCUT2D eigenvalue weighted by Gasteiger charge is 2.13. The van der Waals surface area contributed by atoms with Crippen molar-refractivity contribution in [1.29, 1.82) is 0 Å². The molecule has 0 atom stereocenters. The van der Waals surface area contributed by atoms with E-state index in [0.29, 0.717) is 22.8 Å². The molecule has 0 unspecified atom stereocenters. The second-order valence-corrected chi connectivity index (χ2v) is 4.73. The Bertz CT molecular complexity index is 809. The molecule has 104 valence electrons. The van der Waals surface area contributed by atoms with E-state index in [-0.39, 0.29) is 5.82 Å². The number of aromatic nitrogens is 3. The Kier molecular flexibility index (Phi) is 3.70. The van der Waals surface area contributed by atoms with Crippen molar-refractivity contribution in [3.63, 3.8) is 0 Å². The number of benzene rings is 1. The van der Waals surface area contributed by atoms with Crippen LogP contribution in [-0.4, -0.2) is 24.5 Å². The van der Waals surface area contributed by atoms with Crippen LogP contribution in [0, 0.1) is 5.82 Å². The van der Waals surface area contributed by atoms with Crippen LogP contribution in [0.25, 0.3) is 22.5 Å². The van der Waals surface area contributed by atoms with Gasteiger partial charge in [-0.2, -0.15) is 0 Å². The third kappa shape index (κ3) is 2.80. The maximum atomic E-state index is 13.1. The second kappa shape index (κ2) is 5.80. The summed E-state index contributed by atoms with van der Waals surface area (Å²) in [6, 6.07) is 9.76. The Morgan fingerprint density at radius 1 is 1.05 bits per heavy atom. The van der Waals surface area contributed by atoms with Crippen LogP contribution in [0.15, 0.2) is 48.8 Å². The molecule has 0 aliphatic carbocycles. The van der Waals surface area contributed by atoms with Crippen molar-refractivity contribution in [3.05, 3.63) is 60.4 Å². The summed E-state index contributed by atoms with van der Waals surface area (Å²) in [5.41, 5.74) is 3.10. The van der Waals surface area contributed by atoms with Crippen molar-refractivity contribution >= 4 is 16.6 Å². The Morgan fingerprint density at radius 2 is 1.76 bits per heavy atom. The van der Waals surface area contributed by atoms with E-state index in [4.69, 9.17) is 0 Å². The fourth-order valence-corrected chi connectivity index (χ4v) is 2.24. The minimum Gasteiger partial charge on any atom is -0.337 e. The molecule has 3 aromatic rings. The Labute approximate surface area is 123 Å². The molecule has 21 heavy (non-hydrogen) atoms. The van der Waals surface area contributed by atoms with Gasteiger partial charge in [-0.15, -0.1) is 0 Å². The SMILES string of the molecule is O=S=Cc1nc(-c2ccc(F)cc2)c(-c2ccncc2)[nH]1. The van der Waals surface area contributed by atoms with Gasteiger partial charge in [-0.25, -0.2) is 13.6 Å². The van der Waals surface area contributed by atoms with Crippen molar-refractivity contribution in [3.8, 4) is 22.5 Å². The zero-order chi connectivity index (χ0) is 14.7. The lowest BCUT2D eigenvalue weighted by molar-refractivity contribution is 0.628. The highest BCUT2D eigenvalue weighted by molar-refractivity contribution is 7.65. The minimum atomic E-state index is -0.304. The summed E-state index contributed by atoms with van der Waals surface area (Å²) in [6.07, 6.45) is 3.35. The standard InChI is InChI=1S/C15H10FN3OS/c16-12-3-1-10(2-4-12)14-15(11-5-7-17-8-6-11)19-13(18-14)9-21-20/h1-9H,(H,18,19). The van der Waals surface area contributed by atoms with Crippen LogP contribution in [0.3, 0.4) is 0 Å². The molecule has 0 saturated heterocycles. The number of H-pyrrole nitrogens is 1. The molecule has 3 rings (SSSR count). The average molecular weight is 299 g/mol. The minimum absolute atomic E-state index is 0.304. The van der Waals surface area contributed by atoms with Gasteiger partial charge in [0, 0.05) is 23.5 Å². The number of hydrogen-bond acceptors (Lipinski definition) is 3. The van der Waals surface area contributed by atoms with Gasteiger partial charge in [0.25, 0.3) is 0 Å². The zero-order valence-electron chi connectivity index (χ0n) is 10.8. The topological polar surface area (TPSA) is 58.6 Å². The van der Waals surface area contributed by atoms with Gasteiger partial charge in [-0.3, -0.25) is 4.98 Å². The van der Waals surface area contributed by atoms with Gasteiger partial charge >= 0.3 is 0 Å². The van der Waals surface area contributed by atoms with E-state index >= 15 is 0 Å². The summed E-state index contributed by atoms with van der Waals surface area (Å²) in [6.45, 7) is 0. The summed E-state index contributed by atoms with van der Waals surface area (Å²) in [5.74, 6) is 0.169. The third-order valence-corrected chi connectivity index (χ3v) is 3.29. The molecular weight excluding hydrogens is 289 g/mol. The lowest BCUT2D eigenvalue weighted by Gasteiger charge is -2.02. The molecule has 0 amide bonds. The van der Waals surface area contributed by atoms with E-state index in [9.17, 15) is 8.60 Å². The predicted molar refractivity (Wildman–Crippen MR) is 80.5 cm³/mol. The fourth-order valence-electron chi connectivity index (χ4n) is 2.04. The molecule has 0 bridgehead atoms. The van der Waals surface area contributed by atoms with Gasteiger partial charge in [-0.1, -0.05) is 0 Å². The second-order valence-electron chi connectivity index (χ2n) is 4.30. The number of nitrogens with one attached hydrogen (secondary N) is 1. The first kappa shape index (κ1) is 13.4. The maximum Gasteiger partial charge on any atom is 0.144 e. The molecule has 2 heterocycles. The maximum absolute atomic E-state index is 13.1. The van der Waals surface area contributed by atoms with E-state index in [2.05, 4.69) is 15.0 Å². The number of imidazole rings is 1. The van der Waals surface area contributed by atoms with E-state index in [1.165, 1.54) is 17.5 Å². The van der Waals surface area contributed by atoms with E-state index < -0.39 is 0 Å². The molecule has 0 aliphatic heterocycles. The molecule has 0 fully saturated rings. The van der Waals surface area contributed by atoms with Gasteiger partial charge < -0.3 is 4.98 Å². The summed E-state index contributed by atoms with van der Waals surface area (Å²) in [4.78, 5) is 11.5. The van der Waals surface area contributed by atoms with Gasteiger partial charge in [-0.05, 0) is 36.4 Å². The van der Waals surface area contributed by atoms with Crippen molar-refractivity contribution in [2.45, 2.75) is 0 Å². The molecule has 1 aromatic carbocycles. The molecule has 6 heteroatoms.